The van der Waals surface area contributed by atoms with Crippen LogP contribution < -0.4 is 0 Å². The van der Waals surface area contributed by atoms with E-state index in [-0.39, 0.29) is 11.1 Å². The molecule has 1 aliphatic carbocycles. The van der Waals surface area contributed by atoms with Gasteiger partial charge in [0.2, 0.25) is 0 Å². The van der Waals surface area contributed by atoms with Crippen LogP contribution in [-0.4, -0.2) is 39.6 Å². The van der Waals surface area contributed by atoms with Gasteiger partial charge in [-0.05, 0) is 12.8 Å². The fourth-order valence-electron chi connectivity index (χ4n) is 2.93. The van der Waals surface area contributed by atoms with Crippen molar-refractivity contribution in [2.24, 2.45) is 0 Å². The van der Waals surface area contributed by atoms with Crippen molar-refractivity contribution in [1.82, 2.24) is 10.1 Å². The number of aromatic nitrogens is 1. The first-order valence-corrected chi connectivity index (χ1v) is 7.67. The third-order valence-electron chi connectivity index (χ3n) is 4.49. The molecule has 1 saturated carbocycles. The number of carboxylic acid groups (broad SMARTS) is 1. The minimum absolute atomic E-state index is 0.165. The van der Waals surface area contributed by atoms with Crippen molar-refractivity contribution in [1.29, 1.82) is 0 Å². The average Bonchev–Trinajstić information content (AvgIpc) is 2.96. The average molecular weight is 308 g/mol. The van der Waals surface area contributed by atoms with Gasteiger partial charge in [-0.25, -0.2) is 4.79 Å². The van der Waals surface area contributed by atoms with Crippen LogP contribution in [0, 0.1) is 0 Å². The first kappa shape index (κ1) is 16.5. The summed E-state index contributed by atoms with van der Waals surface area (Å²) in [5.41, 5.74) is -1.21. The minimum Gasteiger partial charge on any atom is -0.479 e. The summed E-state index contributed by atoms with van der Waals surface area (Å²) in [4.78, 5) is 25.7. The number of rotatable bonds is 3. The van der Waals surface area contributed by atoms with E-state index in [1.807, 2.05) is 20.8 Å². The molecule has 6 nitrogen and oxygen atoms in total. The quantitative estimate of drug-likeness (QED) is 0.928. The molecular formula is C16H24N2O4. The third-order valence-corrected chi connectivity index (χ3v) is 4.49. The van der Waals surface area contributed by atoms with Crippen molar-refractivity contribution >= 4 is 11.9 Å². The van der Waals surface area contributed by atoms with E-state index in [9.17, 15) is 14.7 Å². The number of nitrogens with zero attached hydrogens (tertiary/aromatic N) is 2. The van der Waals surface area contributed by atoms with Crippen molar-refractivity contribution < 1.29 is 19.2 Å². The normalized spacial score (nSPS) is 18.0. The third kappa shape index (κ3) is 2.87. The summed E-state index contributed by atoms with van der Waals surface area (Å²) in [5, 5.41) is 13.5. The van der Waals surface area contributed by atoms with E-state index >= 15 is 0 Å². The molecule has 1 fully saturated rings. The van der Waals surface area contributed by atoms with Crippen LogP contribution in [0.4, 0.5) is 0 Å². The number of carbonyl (C=O) groups excluding carboxylic acids is 1. The Balaban J connectivity index is 2.27. The van der Waals surface area contributed by atoms with Crippen LogP contribution >= 0.6 is 0 Å². The molecule has 1 aliphatic rings. The topological polar surface area (TPSA) is 83.6 Å². The molecule has 2 rings (SSSR count). The van der Waals surface area contributed by atoms with Gasteiger partial charge >= 0.3 is 5.97 Å². The van der Waals surface area contributed by atoms with E-state index in [0.717, 1.165) is 19.3 Å². The zero-order valence-electron chi connectivity index (χ0n) is 13.7. The largest absolute Gasteiger partial charge is 0.479 e. The van der Waals surface area contributed by atoms with Gasteiger partial charge < -0.3 is 14.5 Å². The summed E-state index contributed by atoms with van der Waals surface area (Å²) < 4.78 is 5.24. The van der Waals surface area contributed by atoms with Crippen molar-refractivity contribution in [3.8, 4) is 0 Å². The Morgan fingerprint density at radius 3 is 2.32 bits per heavy atom. The maximum atomic E-state index is 12.6. The maximum Gasteiger partial charge on any atom is 0.329 e. The predicted octanol–water partition coefficient (Wildman–Crippen LogP) is 2.83. The van der Waals surface area contributed by atoms with Gasteiger partial charge in [-0.3, -0.25) is 4.79 Å². The number of hydrogen-bond donors (Lipinski definition) is 1. The van der Waals surface area contributed by atoms with E-state index in [2.05, 4.69) is 5.16 Å². The standard InChI is InChI=1S/C16H24N2O4/c1-15(2,3)12-10-11(17-22-12)13(19)18(4)16(14(20)21)8-6-5-7-9-16/h10H,5-9H2,1-4H3,(H,20,21). The van der Waals surface area contributed by atoms with Gasteiger partial charge in [-0.1, -0.05) is 45.2 Å². The highest BCUT2D eigenvalue weighted by molar-refractivity contribution is 5.96. The van der Waals surface area contributed by atoms with Crippen molar-refractivity contribution in [3.05, 3.63) is 17.5 Å². The second-order valence-corrected chi connectivity index (χ2v) is 7.09. The molecule has 0 spiro atoms. The monoisotopic (exact) mass is 308 g/mol. The Hall–Kier alpha value is -1.85. The molecule has 0 aliphatic heterocycles. The number of amides is 1. The zero-order valence-corrected chi connectivity index (χ0v) is 13.7. The fourth-order valence-corrected chi connectivity index (χ4v) is 2.93. The molecule has 0 radical (unpaired) electrons. The van der Waals surface area contributed by atoms with Gasteiger partial charge in [0, 0.05) is 18.5 Å². The van der Waals surface area contributed by atoms with Crippen molar-refractivity contribution in [2.75, 3.05) is 7.05 Å². The second-order valence-electron chi connectivity index (χ2n) is 7.09. The molecule has 0 saturated heterocycles. The van der Waals surface area contributed by atoms with E-state index < -0.39 is 17.4 Å². The lowest BCUT2D eigenvalue weighted by Gasteiger charge is -2.40. The number of likely N-dealkylation sites (N-methyl/N-ethyl adjacent to an activating group) is 1. The number of hydrogen-bond acceptors (Lipinski definition) is 4. The summed E-state index contributed by atoms with van der Waals surface area (Å²) in [6, 6.07) is 1.61. The van der Waals surface area contributed by atoms with Crippen molar-refractivity contribution in [2.45, 2.75) is 63.8 Å². The first-order chi connectivity index (χ1) is 10.2. The van der Waals surface area contributed by atoms with E-state index in [1.54, 1.807) is 13.1 Å². The molecule has 1 aromatic heterocycles. The highest BCUT2D eigenvalue weighted by Crippen LogP contribution is 2.34. The smallest absolute Gasteiger partial charge is 0.329 e. The molecule has 6 heteroatoms. The predicted molar refractivity (Wildman–Crippen MR) is 80.7 cm³/mol. The molecule has 1 heterocycles. The summed E-state index contributed by atoms with van der Waals surface area (Å²) >= 11 is 0. The van der Waals surface area contributed by atoms with Crippen LogP contribution in [-0.2, 0) is 10.2 Å². The first-order valence-electron chi connectivity index (χ1n) is 7.67. The molecule has 122 valence electrons. The van der Waals surface area contributed by atoms with Gasteiger partial charge in [0.1, 0.15) is 11.3 Å². The summed E-state index contributed by atoms with van der Waals surface area (Å²) in [7, 11) is 1.55. The number of carboxylic acids is 1. The summed E-state index contributed by atoms with van der Waals surface area (Å²) in [6.07, 6.45) is 3.60. The van der Waals surface area contributed by atoms with E-state index in [4.69, 9.17) is 4.52 Å². The second kappa shape index (κ2) is 5.74. The Morgan fingerprint density at radius 2 is 1.86 bits per heavy atom. The SMILES string of the molecule is CN(C(=O)c1cc(C(C)(C)C)on1)C1(C(=O)O)CCCCC1. The molecule has 1 N–H and O–H groups in total. The molecule has 0 atom stereocenters. The highest BCUT2D eigenvalue weighted by Gasteiger charge is 2.46. The van der Waals surface area contributed by atoms with Crippen LogP contribution in [0.3, 0.4) is 0 Å². The van der Waals surface area contributed by atoms with Crippen LogP contribution in [0.5, 0.6) is 0 Å². The van der Waals surface area contributed by atoms with Crippen molar-refractivity contribution in [3.63, 3.8) is 0 Å². The fraction of sp³-hybridized carbons (Fsp3) is 0.688. The lowest BCUT2D eigenvalue weighted by Crippen LogP contribution is -2.56. The van der Waals surface area contributed by atoms with Gasteiger partial charge in [-0.2, -0.15) is 0 Å². The minimum atomic E-state index is -1.13. The van der Waals surface area contributed by atoms with Gasteiger partial charge in [0.25, 0.3) is 5.91 Å². The molecule has 0 aromatic carbocycles. The van der Waals surface area contributed by atoms with Crippen LogP contribution in [0.1, 0.15) is 69.1 Å². The van der Waals surface area contributed by atoms with Crippen LogP contribution in [0.15, 0.2) is 10.6 Å². The summed E-state index contributed by atoms with van der Waals surface area (Å²) in [5.74, 6) is -0.733. The Morgan fingerprint density at radius 1 is 1.27 bits per heavy atom. The summed E-state index contributed by atoms with van der Waals surface area (Å²) in [6.45, 7) is 5.89. The highest BCUT2D eigenvalue weighted by atomic mass is 16.5. The maximum absolute atomic E-state index is 12.6. The molecule has 1 aromatic rings. The molecular weight excluding hydrogens is 284 g/mol. The molecule has 22 heavy (non-hydrogen) atoms. The lowest BCUT2D eigenvalue weighted by molar-refractivity contribution is -0.151. The van der Waals surface area contributed by atoms with Crippen LogP contribution in [0.25, 0.3) is 0 Å². The number of carbonyl (C=O) groups is 2. The molecule has 0 unspecified atom stereocenters. The van der Waals surface area contributed by atoms with Crippen LogP contribution in [0.2, 0.25) is 0 Å². The Labute approximate surface area is 130 Å². The Bertz CT molecular complexity index is 565. The van der Waals surface area contributed by atoms with Gasteiger partial charge in [-0.15, -0.1) is 0 Å². The number of aliphatic carboxylic acids is 1. The van der Waals surface area contributed by atoms with E-state index in [0.29, 0.717) is 18.6 Å². The molecule has 0 bridgehead atoms. The van der Waals surface area contributed by atoms with Gasteiger partial charge in [0.05, 0.1) is 0 Å². The van der Waals surface area contributed by atoms with Gasteiger partial charge in [0.15, 0.2) is 5.69 Å². The lowest BCUT2D eigenvalue weighted by atomic mass is 9.80. The zero-order chi connectivity index (χ0) is 16.5. The van der Waals surface area contributed by atoms with E-state index in [1.165, 1.54) is 4.90 Å². The molecule has 1 amide bonds. The Kier molecular flexibility index (Phi) is 4.31.